The molecule has 3 heteroatoms. The second kappa shape index (κ2) is 6.53. The van der Waals surface area contributed by atoms with E-state index in [4.69, 9.17) is 9.47 Å². The average Bonchev–Trinajstić information content (AvgIpc) is 2.61. The molecule has 0 unspecified atom stereocenters. The Morgan fingerprint density at radius 2 is 1.70 bits per heavy atom. The molecule has 0 N–H and O–H groups in total. The number of benzene rings is 2. The molecule has 3 rings (SSSR count). The number of methoxy groups -OCH3 is 2. The number of aromatic nitrogens is 1. The van der Waals surface area contributed by atoms with Crippen LogP contribution in [0.4, 0.5) is 0 Å². The number of rotatable bonds is 4. The lowest BCUT2D eigenvalue weighted by molar-refractivity contribution is -0.646. The van der Waals surface area contributed by atoms with E-state index >= 15 is 0 Å². The van der Waals surface area contributed by atoms with Crippen LogP contribution in [0.1, 0.15) is 11.3 Å². The minimum absolute atomic E-state index is 0.787. The fourth-order valence-electron chi connectivity index (χ4n) is 2.66. The van der Waals surface area contributed by atoms with Gasteiger partial charge >= 0.3 is 0 Å². The van der Waals surface area contributed by atoms with E-state index < -0.39 is 0 Å². The maximum atomic E-state index is 5.44. The van der Waals surface area contributed by atoms with E-state index in [1.165, 1.54) is 10.9 Å². The first-order valence-electron chi connectivity index (χ1n) is 7.51. The number of pyridine rings is 1. The van der Waals surface area contributed by atoms with Crippen LogP contribution in [0.5, 0.6) is 11.5 Å². The Hall–Kier alpha value is -2.81. The SMILES string of the molecule is COc1ccc(C=Cc2ccc3ccccc3[n+]2C)c(OC)c1. The highest BCUT2D eigenvalue weighted by molar-refractivity contribution is 5.77. The number of para-hydroxylation sites is 1. The first-order chi connectivity index (χ1) is 11.2. The van der Waals surface area contributed by atoms with Gasteiger partial charge < -0.3 is 9.47 Å². The van der Waals surface area contributed by atoms with Crippen LogP contribution < -0.4 is 14.0 Å². The van der Waals surface area contributed by atoms with Crippen molar-refractivity contribution in [1.82, 2.24) is 0 Å². The van der Waals surface area contributed by atoms with Crippen molar-refractivity contribution < 1.29 is 14.0 Å². The normalized spacial score (nSPS) is 11.1. The summed E-state index contributed by atoms with van der Waals surface area (Å²) in [4.78, 5) is 0. The van der Waals surface area contributed by atoms with E-state index in [0.717, 1.165) is 22.8 Å². The van der Waals surface area contributed by atoms with Gasteiger partial charge in [0.05, 0.1) is 14.2 Å². The van der Waals surface area contributed by atoms with E-state index in [1.54, 1.807) is 14.2 Å². The van der Waals surface area contributed by atoms with Crippen LogP contribution >= 0.6 is 0 Å². The van der Waals surface area contributed by atoms with Gasteiger partial charge in [0.1, 0.15) is 18.5 Å². The molecule has 0 aliphatic heterocycles. The molecule has 1 aromatic heterocycles. The highest BCUT2D eigenvalue weighted by atomic mass is 16.5. The zero-order valence-corrected chi connectivity index (χ0v) is 13.6. The van der Waals surface area contributed by atoms with Crippen molar-refractivity contribution in [3.05, 3.63) is 65.9 Å². The number of aryl methyl sites for hydroxylation is 1. The number of ether oxygens (including phenoxy) is 2. The minimum atomic E-state index is 0.787. The van der Waals surface area contributed by atoms with Crippen molar-refractivity contribution >= 4 is 23.1 Å². The Bertz CT molecular complexity index is 869. The Kier molecular flexibility index (Phi) is 4.29. The summed E-state index contributed by atoms with van der Waals surface area (Å²) in [6, 6.07) is 18.4. The van der Waals surface area contributed by atoms with Crippen molar-refractivity contribution in [2.45, 2.75) is 0 Å². The second-order valence-electron chi connectivity index (χ2n) is 5.32. The number of nitrogens with zero attached hydrogens (tertiary/aromatic N) is 1. The van der Waals surface area contributed by atoms with Crippen molar-refractivity contribution in [1.29, 1.82) is 0 Å². The average molecular weight is 306 g/mol. The molecule has 0 amide bonds. The summed E-state index contributed by atoms with van der Waals surface area (Å²) in [5, 5.41) is 1.23. The van der Waals surface area contributed by atoms with Gasteiger partial charge in [0, 0.05) is 35.2 Å². The van der Waals surface area contributed by atoms with Crippen LogP contribution in [-0.2, 0) is 7.05 Å². The van der Waals surface area contributed by atoms with Crippen LogP contribution in [0.2, 0.25) is 0 Å². The number of fused-ring (bicyclic) bond motifs is 1. The number of hydrogen-bond donors (Lipinski definition) is 0. The zero-order chi connectivity index (χ0) is 16.2. The molecule has 2 aromatic carbocycles. The minimum Gasteiger partial charge on any atom is -0.497 e. The van der Waals surface area contributed by atoms with Crippen molar-refractivity contribution in [3.63, 3.8) is 0 Å². The van der Waals surface area contributed by atoms with Gasteiger partial charge in [-0.1, -0.05) is 12.1 Å². The molecule has 0 atom stereocenters. The third-order valence-corrected chi connectivity index (χ3v) is 3.99. The lowest BCUT2D eigenvalue weighted by Gasteiger charge is -2.07. The Morgan fingerprint density at radius 3 is 2.48 bits per heavy atom. The van der Waals surface area contributed by atoms with Crippen molar-refractivity contribution in [2.75, 3.05) is 14.2 Å². The molecule has 116 valence electrons. The molecule has 1 heterocycles. The van der Waals surface area contributed by atoms with Gasteiger partial charge in [-0.05, 0) is 30.3 Å². The molecule has 0 bridgehead atoms. The molecular weight excluding hydrogens is 286 g/mol. The summed E-state index contributed by atoms with van der Waals surface area (Å²) in [6.07, 6.45) is 4.15. The lowest BCUT2D eigenvalue weighted by Crippen LogP contribution is -2.32. The maximum Gasteiger partial charge on any atom is 0.212 e. The van der Waals surface area contributed by atoms with Crippen molar-refractivity contribution in [3.8, 4) is 11.5 Å². The molecule has 0 aliphatic rings. The van der Waals surface area contributed by atoms with E-state index in [2.05, 4.69) is 60.2 Å². The molecule has 0 spiro atoms. The van der Waals surface area contributed by atoms with Crippen LogP contribution in [0.15, 0.2) is 54.6 Å². The molecule has 0 radical (unpaired) electrons. The first-order valence-corrected chi connectivity index (χ1v) is 7.51. The smallest absolute Gasteiger partial charge is 0.212 e. The van der Waals surface area contributed by atoms with Gasteiger partial charge in [-0.15, -0.1) is 0 Å². The summed E-state index contributed by atoms with van der Waals surface area (Å²) in [6.45, 7) is 0. The van der Waals surface area contributed by atoms with Gasteiger partial charge in [-0.3, -0.25) is 0 Å². The topological polar surface area (TPSA) is 22.3 Å². The molecular formula is C20H20NO2+. The third-order valence-electron chi connectivity index (χ3n) is 3.99. The van der Waals surface area contributed by atoms with Crippen LogP contribution in [0, 0.1) is 0 Å². The first kappa shape index (κ1) is 15.1. The van der Waals surface area contributed by atoms with Crippen LogP contribution in [-0.4, -0.2) is 14.2 Å². The fraction of sp³-hybridized carbons (Fsp3) is 0.150. The van der Waals surface area contributed by atoms with Crippen LogP contribution in [0.25, 0.3) is 23.1 Å². The summed E-state index contributed by atoms with van der Waals surface area (Å²) in [5.41, 5.74) is 3.35. The zero-order valence-electron chi connectivity index (χ0n) is 13.6. The van der Waals surface area contributed by atoms with Gasteiger partial charge in [-0.25, -0.2) is 0 Å². The third kappa shape index (κ3) is 3.04. The summed E-state index contributed by atoms with van der Waals surface area (Å²) >= 11 is 0. The molecule has 3 nitrogen and oxygen atoms in total. The summed E-state index contributed by atoms with van der Waals surface area (Å²) in [5.74, 6) is 1.58. The van der Waals surface area contributed by atoms with Crippen LogP contribution in [0.3, 0.4) is 0 Å². The molecule has 23 heavy (non-hydrogen) atoms. The standard InChI is InChI=1S/C20H20NO2/c1-21-17(11-8-15-6-4-5-7-19(15)21)12-9-16-10-13-18(22-2)14-20(16)23-3/h4-14H,1-3H3/q+1. The molecule has 0 fully saturated rings. The van der Waals surface area contributed by atoms with Gasteiger partial charge in [0.2, 0.25) is 11.2 Å². The Morgan fingerprint density at radius 1 is 0.870 bits per heavy atom. The van der Waals surface area contributed by atoms with E-state index in [0.29, 0.717) is 0 Å². The quantitative estimate of drug-likeness (QED) is 0.683. The predicted octanol–water partition coefficient (Wildman–Crippen LogP) is 3.85. The Labute approximate surface area is 136 Å². The lowest BCUT2D eigenvalue weighted by atomic mass is 10.1. The number of hydrogen-bond acceptors (Lipinski definition) is 2. The highest BCUT2D eigenvalue weighted by Gasteiger charge is 2.09. The predicted molar refractivity (Wildman–Crippen MR) is 93.6 cm³/mol. The molecule has 0 saturated carbocycles. The molecule has 0 aliphatic carbocycles. The highest BCUT2D eigenvalue weighted by Crippen LogP contribution is 2.26. The van der Waals surface area contributed by atoms with E-state index in [1.807, 2.05) is 18.2 Å². The monoisotopic (exact) mass is 306 g/mol. The maximum absolute atomic E-state index is 5.44. The van der Waals surface area contributed by atoms with E-state index in [-0.39, 0.29) is 0 Å². The van der Waals surface area contributed by atoms with Gasteiger partial charge in [0.15, 0.2) is 0 Å². The van der Waals surface area contributed by atoms with Gasteiger partial charge in [0.25, 0.3) is 0 Å². The largest absolute Gasteiger partial charge is 0.497 e. The summed E-state index contributed by atoms with van der Waals surface area (Å²) < 4.78 is 12.9. The summed E-state index contributed by atoms with van der Waals surface area (Å²) in [7, 11) is 5.40. The second-order valence-corrected chi connectivity index (χ2v) is 5.32. The molecule has 0 saturated heterocycles. The Balaban J connectivity index is 1.99. The molecule has 3 aromatic rings. The van der Waals surface area contributed by atoms with Gasteiger partial charge in [-0.2, -0.15) is 4.57 Å². The van der Waals surface area contributed by atoms with E-state index in [9.17, 15) is 0 Å². The fourth-order valence-corrected chi connectivity index (χ4v) is 2.66. The van der Waals surface area contributed by atoms with Crippen molar-refractivity contribution in [2.24, 2.45) is 7.05 Å².